The highest BCUT2D eigenvalue weighted by Gasteiger charge is 2.03. The second-order valence-corrected chi connectivity index (χ2v) is 5.44. The number of urea groups is 1. The number of nitrogens with one attached hydrogen (secondary N) is 2. The Kier molecular flexibility index (Phi) is 10.4. The van der Waals surface area contributed by atoms with Gasteiger partial charge in [-0.1, -0.05) is 6.07 Å². The molecular formula is C17H25ClN2O4. The highest BCUT2D eigenvalue weighted by molar-refractivity contribution is 6.18. The zero-order valence-electron chi connectivity index (χ0n) is 14.0. The normalized spacial score (nSPS) is 10.1. The number of rotatable bonds is 11. The molecule has 0 radical (unpaired) electrons. The lowest BCUT2D eigenvalue weighted by molar-refractivity contribution is -0.143. The van der Waals surface area contributed by atoms with Crippen molar-refractivity contribution in [2.75, 3.05) is 31.0 Å². The zero-order valence-corrected chi connectivity index (χ0v) is 14.7. The molecular weight excluding hydrogens is 332 g/mol. The third kappa shape index (κ3) is 9.25. The first-order chi connectivity index (χ1) is 11.7. The van der Waals surface area contributed by atoms with E-state index in [0.717, 1.165) is 19.3 Å². The molecule has 0 spiro atoms. The van der Waals surface area contributed by atoms with Gasteiger partial charge < -0.3 is 20.1 Å². The maximum absolute atomic E-state index is 11.6. The van der Waals surface area contributed by atoms with Crippen LogP contribution in [0.5, 0.6) is 5.75 Å². The Morgan fingerprint density at radius 2 is 2.04 bits per heavy atom. The van der Waals surface area contributed by atoms with E-state index in [1.807, 2.05) is 12.1 Å². The van der Waals surface area contributed by atoms with E-state index < -0.39 is 0 Å². The molecule has 134 valence electrons. The summed E-state index contributed by atoms with van der Waals surface area (Å²) in [4.78, 5) is 22.7. The monoisotopic (exact) mass is 356 g/mol. The molecule has 0 heterocycles. The number of esters is 1. The van der Waals surface area contributed by atoms with Crippen molar-refractivity contribution in [1.29, 1.82) is 0 Å². The lowest BCUT2D eigenvalue weighted by Gasteiger charge is -2.09. The fraction of sp³-hybridized carbons (Fsp3) is 0.529. The first kappa shape index (κ1) is 20.1. The summed E-state index contributed by atoms with van der Waals surface area (Å²) >= 11 is 5.51. The van der Waals surface area contributed by atoms with Gasteiger partial charge in [0, 0.05) is 30.6 Å². The Balaban J connectivity index is 2.22. The van der Waals surface area contributed by atoms with E-state index >= 15 is 0 Å². The Hall–Kier alpha value is -1.95. The van der Waals surface area contributed by atoms with Gasteiger partial charge in [0.05, 0.1) is 13.2 Å². The number of anilines is 1. The maximum atomic E-state index is 11.6. The Morgan fingerprint density at radius 1 is 1.21 bits per heavy atom. The molecule has 1 rings (SSSR count). The molecule has 0 unspecified atom stereocenters. The summed E-state index contributed by atoms with van der Waals surface area (Å²) in [6, 6.07) is 6.89. The minimum absolute atomic E-state index is 0.148. The summed E-state index contributed by atoms with van der Waals surface area (Å²) in [5.74, 6) is 0.910. The van der Waals surface area contributed by atoms with Gasteiger partial charge in [-0.15, -0.1) is 11.6 Å². The van der Waals surface area contributed by atoms with Gasteiger partial charge in [0.1, 0.15) is 5.75 Å². The lowest BCUT2D eigenvalue weighted by atomic mass is 10.2. The van der Waals surface area contributed by atoms with Crippen molar-refractivity contribution in [2.45, 2.75) is 32.6 Å². The molecule has 0 saturated carbocycles. The number of hydrogen-bond donors (Lipinski definition) is 2. The van der Waals surface area contributed by atoms with Crippen LogP contribution >= 0.6 is 11.6 Å². The minimum atomic E-state index is -0.299. The zero-order chi connectivity index (χ0) is 17.6. The molecule has 0 aliphatic heterocycles. The van der Waals surface area contributed by atoms with Crippen LogP contribution in [-0.2, 0) is 9.53 Å². The molecule has 1 aromatic rings. The molecule has 24 heavy (non-hydrogen) atoms. The summed E-state index contributed by atoms with van der Waals surface area (Å²) in [5, 5.41) is 5.34. The molecule has 0 aromatic heterocycles. The number of benzene rings is 1. The first-order valence-electron chi connectivity index (χ1n) is 8.15. The molecule has 2 N–H and O–H groups in total. The van der Waals surface area contributed by atoms with E-state index in [1.54, 1.807) is 19.1 Å². The minimum Gasteiger partial charge on any atom is -0.494 e. The molecule has 0 fully saturated rings. The van der Waals surface area contributed by atoms with Crippen molar-refractivity contribution in [3.8, 4) is 5.75 Å². The van der Waals surface area contributed by atoms with Crippen LogP contribution in [0.1, 0.15) is 32.6 Å². The fourth-order valence-corrected chi connectivity index (χ4v) is 2.07. The van der Waals surface area contributed by atoms with Crippen LogP contribution in [0.2, 0.25) is 0 Å². The van der Waals surface area contributed by atoms with E-state index in [-0.39, 0.29) is 12.0 Å². The van der Waals surface area contributed by atoms with Crippen LogP contribution in [0.3, 0.4) is 0 Å². The van der Waals surface area contributed by atoms with Crippen molar-refractivity contribution in [3.63, 3.8) is 0 Å². The summed E-state index contributed by atoms with van der Waals surface area (Å²) in [5.41, 5.74) is 0.655. The Morgan fingerprint density at radius 3 is 2.79 bits per heavy atom. The van der Waals surface area contributed by atoms with E-state index in [4.69, 9.17) is 21.1 Å². The molecule has 2 amide bonds. The standard InChI is InChI=1S/C17H25ClN2O4/c1-2-23-16(21)9-4-3-5-12-24-15-8-6-7-14(13-15)20-17(22)19-11-10-18/h6-8,13H,2-5,9-12H2,1H3,(H2,19,20,22). The SMILES string of the molecule is CCOC(=O)CCCCCOc1cccc(NC(=O)NCCCl)c1. The second-order valence-electron chi connectivity index (χ2n) is 5.06. The molecule has 0 saturated heterocycles. The van der Waals surface area contributed by atoms with Crippen molar-refractivity contribution in [2.24, 2.45) is 0 Å². The quantitative estimate of drug-likeness (QED) is 0.361. The summed E-state index contributed by atoms with van der Waals surface area (Å²) in [7, 11) is 0. The third-order valence-corrected chi connectivity index (χ3v) is 3.26. The topological polar surface area (TPSA) is 76.7 Å². The van der Waals surface area contributed by atoms with Gasteiger partial charge in [0.25, 0.3) is 0 Å². The number of unbranched alkanes of at least 4 members (excludes halogenated alkanes) is 2. The summed E-state index contributed by atoms with van der Waals surface area (Å²) in [6.45, 7) is 3.20. The van der Waals surface area contributed by atoms with Crippen LogP contribution in [0.4, 0.5) is 10.5 Å². The largest absolute Gasteiger partial charge is 0.494 e. The number of alkyl halides is 1. The van der Waals surface area contributed by atoms with Gasteiger partial charge in [-0.2, -0.15) is 0 Å². The van der Waals surface area contributed by atoms with Crippen LogP contribution < -0.4 is 15.4 Å². The van der Waals surface area contributed by atoms with Crippen LogP contribution in [-0.4, -0.2) is 37.6 Å². The predicted molar refractivity (Wildman–Crippen MR) is 94.8 cm³/mol. The van der Waals surface area contributed by atoms with Gasteiger partial charge in [-0.05, 0) is 38.3 Å². The Bertz CT molecular complexity index is 511. The highest BCUT2D eigenvalue weighted by Crippen LogP contribution is 2.17. The van der Waals surface area contributed by atoms with Gasteiger partial charge in [-0.25, -0.2) is 4.79 Å². The number of halogens is 1. The lowest BCUT2D eigenvalue weighted by Crippen LogP contribution is -2.30. The van der Waals surface area contributed by atoms with Crippen molar-refractivity contribution < 1.29 is 19.1 Å². The van der Waals surface area contributed by atoms with E-state index in [0.29, 0.717) is 43.5 Å². The van der Waals surface area contributed by atoms with Crippen LogP contribution in [0.15, 0.2) is 24.3 Å². The third-order valence-electron chi connectivity index (χ3n) is 3.07. The number of hydrogen-bond acceptors (Lipinski definition) is 4. The van der Waals surface area contributed by atoms with Crippen molar-refractivity contribution in [1.82, 2.24) is 5.32 Å². The van der Waals surface area contributed by atoms with E-state index in [1.165, 1.54) is 0 Å². The molecule has 0 aliphatic rings. The average molecular weight is 357 g/mol. The summed E-state index contributed by atoms with van der Waals surface area (Å²) < 4.78 is 10.5. The molecule has 0 aliphatic carbocycles. The van der Waals surface area contributed by atoms with E-state index in [9.17, 15) is 9.59 Å². The van der Waals surface area contributed by atoms with Crippen LogP contribution in [0.25, 0.3) is 0 Å². The van der Waals surface area contributed by atoms with Gasteiger partial charge in [-0.3, -0.25) is 4.79 Å². The maximum Gasteiger partial charge on any atom is 0.319 e. The number of carbonyl (C=O) groups is 2. The molecule has 1 aromatic carbocycles. The fourth-order valence-electron chi connectivity index (χ4n) is 1.97. The summed E-state index contributed by atoms with van der Waals surface area (Å²) in [6.07, 6.45) is 3.00. The first-order valence-corrected chi connectivity index (χ1v) is 8.68. The molecule has 7 heteroatoms. The number of carbonyl (C=O) groups excluding carboxylic acids is 2. The smallest absolute Gasteiger partial charge is 0.319 e. The van der Waals surface area contributed by atoms with Gasteiger partial charge >= 0.3 is 12.0 Å². The molecule has 0 bridgehead atoms. The number of ether oxygens (including phenoxy) is 2. The van der Waals surface area contributed by atoms with Gasteiger partial charge in [0.15, 0.2) is 0 Å². The number of amides is 2. The highest BCUT2D eigenvalue weighted by atomic mass is 35.5. The van der Waals surface area contributed by atoms with Crippen molar-refractivity contribution >= 4 is 29.3 Å². The predicted octanol–water partition coefficient (Wildman–Crippen LogP) is 3.55. The van der Waals surface area contributed by atoms with Gasteiger partial charge in [0.2, 0.25) is 0 Å². The molecule has 0 atom stereocenters. The van der Waals surface area contributed by atoms with E-state index in [2.05, 4.69) is 10.6 Å². The average Bonchev–Trinajstić information content (AvgIpc) is 2.56. The Labute approximate surface area is 147 Å². The second kappa shape index (κ2) is 12.5. The van der Waals surface area contributed by atoms with Crippen LogP contribution in [0, 0.1) is 0 Å². The van der Waals surface area contributed by atoms with Crippen molar-refractivity contribution in [3.05, 3.63) is 24.3 Å². The molecule has 6 nitrogen and oxygen atoms in total.